The Hall–Kier alpha value is -0.980. The van der Waals surface area contributed by atoms with Gasteiger partial charge in [0.15, 0.2) is 0 Å². The Labute approximate surface area is 78.5 Å². The van der Waals surface area contributed by atoms with Crippen molar-refractivity contribution in [2.75, 3.05) is 13.2 Å². The van der Waals surface area contributed by atoms with Crippen molar-refractivity contribution in [1.82, 2.24) is 10.0 Å². The lowest BCUT2D eigenvalue weighted by molar-refractivity contribution is -0.0782. The highest BCUT2D eigenvalue weighted by atomic mass is 32.1. The first-order chi connectivity index (χ1) is 6.27. The van der Waals surface area contributed by atoms with E-state index in [1.54, 1.807) is 10.9 Å². The predicted octanol–water partition coefficient (Wildman–Crippen LogP) is -0.109. The number of hydrogen-bond donors (Lipinski definition) is 1. The highest BCUT2D eigenvalue weighted by Crippen LogP contribution is 2.11. The molecule has 0 saturated carbocycles. The first kappa shape index (κ1) is 8.61. The van der Waals surface area contributed by atoms with E-state index in [0.29, 0.717) is 5.69 Å². The number of amides is 1. The molecule has 5 nitrogen and oxygen atoms in total. The molecule has 1 unspecified atom stereocenters. The predicted molar refractivity (Wildman–Crippen MR) is 45.1 cm³/mol. The minimum absolute atomic E-state index is 0.176. The van der Waals surface area contributed by atoms with E-state index < -0.39 is 6.10 Å². The number of aliphatic hydroxyl groups is 1. The monoisotopic (exact) mass is 200 g/mol. The average molecular weight is 200 g/mol. The standard InChI is InChI=1S/C7H8N2O3S/c10-5-1-9(12-2-5)7(11)6-3-13-4-8-6/h3-5,10H,1-2H2. The molecular formula is C7H8N2O3S. The molecule has 1 N–H and O–H groups in total. The first-order valence-corrected chi connectivity index (χ1v) is 4.72. The highest BCUT2D eigenvalue weighted by molar-refractivity contribution is 7.07. The number of hydrogen-bond acceptors (Lipinski definition) is 5. The quantitative estimate of drug-likeness (QED) is 0.687. The van der Waals surface area contributed by atoms with E-state index in [1.165, 1.54) is 11.3 Å². The maximum atomic E-state index is 11.5. The van der Waals surface area contributed by atoms with Gasteiger partial charge in [0.25, 0.3) is 5.91 Å². The smallest absolute Gasteiger partial charge is 0.296 e. The first-order valence-electron chi connectivity index (χ1n) is 3.78. The summed E-state index contributed by atoms with van der Waals surface area (Å²) in [4.78, 5) is 20.3. The Morgan fingerprint density at radius 2 is 2.69 bits per heavy atom. The second-order valence-corrected chi connectivity index (χ2v) is 3.41. The van der Waals surface area contributed by atoms with Crippen molar-refractivity contribution in [3.05, 3.63) is 16.6 Å². The lowest BCUT2D eigenvalue weighted by Crippen LogP contribution is -2.28. The van der Waals surface area contributed by atoms with Gasteiger partial charge >= 0.3 is 0 Å². The number of rotatable bonds is 1. The third kappa shape index (κ3) is 1.69. The SMILES string of the molecule is O=C(c1cscn1)N1CC(O)CO1. The highest BCUT2D eigenvalue weighted by Gasteiger charge is 2.27. The van der Waals surface area contributed by atoms with Crippen LogP contribution in [0.4, 0.5) is 0 Å². The normalized spacial score (nSPS) is 22.2. The fraction of sp³-hybridized carbons (Fsp3) is 0.429. The average Bonchev–Trinajstić information content (AvgIpc) is 2.72. The zero-order valence-electron chi connectivity index (χ0n) is 6.71. The third-order valence-corrected chi connectivity index (χ3v) is 2.26. The zero-order chi connectivity index (χ0) is 9.26. The Morgan fingerprint density at radius 3 is 3.23 bits per heavy atom. The maximum absolute atomic E-state index is 11.5. The van der Waals surface area contributed by atoms with Gasteiger partial charge in [-0.05, 0) is 0 Å². The van der Waals surface area contributed by atoms with Gasteiger partial charge in [-0.2, -0.15) is 0 Å². The van der Waals surface area contributed by atoms with E-state index in [4.69, 9.17) is 9.94 Å². The molecule has 70 valence electrons. The molecule has 1 fully saturated rings. The van der Waals surface area contributed by atoms with Gasteiger partial charge < -0.3 is 5.11 Å². The molecule has 0 spiro atoms. The third-order valence-electron chi connectivity index (χ3n) is 1.68. The lowest BCUT2D eigenvalue weighted by atomic mass is 10.4. The summed E-state index contributed by atoms with van der Waals surface area (Å²) >= 11 is 1.35. The van der Waals surface area contributed by atoms with Crippen LogP contribution in [0.5, 0.6) is 0 Å². The van der Waals surface area contributed by atoms with Crippen LogP contribution < -0.4 is 0 Å². The van der Waals surface area contributed by atoms with Crippen molar-refractivity contribution >= 4 is 17.2 Å². The van der Waals surface area contributed by atoms with E-state index in [0.717, 1.165) is 5.06 Å². The number of thiazole rings is 1. The molecule has 1 aliphatic rings. The van der Waals surface area contributed by atoms with Gasteiger partial charge in [-0.1, -0.05) is 0 Å². The van der Waals surface area contributed by atoms with E-state index in [-0.39, 0.29) is 19.1 Å². The van der Waals surface area contributed by atoms with Crippen molar-refractivity contribution in [3.63, 3.8) is 0 Å². The maximum Gasteiger partial charge on any atom is 0.296 e. The lowest BCUT2D eigenvalue weighted by Gasteiger charge is -2.11. The van der Waals surface area contributed by atoms with Crippen LogP contribution in [-0.4, -0.2) is 40.3 Å². The molecule has 13 heavy (non-hydrogen) atoms. The number of aromatic nitrogens is 1. The minimum Gasteiger partial charge on any atom is -0.389 e. The Bertz CT molecular complexity index is 301. The molecule has 1 amide bonds. The van der Waals surface area contributed by atoms with Gasteiger partial charge in [-0.3, -0.25) is 9.63 Å². The topological polar surface area (TPSA) is 62.7 Å². The number of carbonyl (C=O) groups is 1. The second-order valence-electron chi connectivity index (χ2n) is 2.69. The summed E-state index contributed by atoms with van der Waals surface area (Å²) < 4.78 is 0. The van der Waals surface area contributed by atoms with Crippen molar-refractivity contribution in [2.24, 2.45) is 0 Å². The number of β-amino-alcohol motifs (C(OH)–C–C–N with tert-alkyl or cyclic N) is 1. The summed E-state index contributed by atoms with van der Waals surface area (Å²) in [6.45, 7) is 0.395. The van der Waals surface area contributed by atoms with Crippen LogP contribution in [0.1, 0.15) is 10.5 Å². The number of aliphatic hydroxyl groups excluding tert-OH is 1. The molecule has 6 heteroatoms. The molecule has 0 radical (unpaired) electrons. The summed E-state index contributed by atoms with van der Waals surface area (Å²) in [5, 5.41) is 11.9. The van der Waals surface area contributed by atoms with E-state index in [1.807, 2.05) is 0 Å². The molecule has 0 bridgehead atoms. The van der Waals surface area contributed by atoms with Crippen molar-refractivity contribution < 1.29 is 14.7 Å². The van der Waals surface area contributed by atoms with Crippen LogP contribution in [0, 0.1) is 0 Å². The van der Waals surface area contributed by atoms with E-state index in [2.05, 4.69) is 4.98 Å². The van der Waals surface area contributed by atoms with Crippen molar-refractivity contribution in [1.29, 1.82) is 0 Å². The van der Waals surface area contributed by atoms with E-state index in [9.17, 15) is 4.79 Å². The van der Waals surface area contributed by atoms with Gasteiger partial charge in [0.05, 0.1) is 12.1 Å². The summed E-state index contributed by atoms with van der Waals surface area (Å²) in [7, 11) is 0. The Morgan fingerprint density at radius 1 is 1.85 bits per heavy atom. The van der Waals surface area contributed by atoms with E-state index >= 15 is 0 Å². The molecule has 1 aliphatic heterocycles. The Balaban J connectivity index is 2.06. The van der Waals surface area contributed by atoms with Gasteiger partial charge in [0.1, 0.15) is 18.4 Å². The fourth-order valence-corrected chi connectivity index (χ4v) is 1.59. The van der Waals surface area contributed by atoms with Crippen molar-refractivity contribution in [3.8, 4) is 0 Å². The summed E-state index contributed by atoms with van der Waals surface area (Å²) in [5.41, 5.74) is 1.94. The van der Waals surface area contributed by atoms with Crippen molar-refractivity contribution in [2.45, 2.75) is 6.10 Å². The van der Waals surface area contributed by atoms with Crippen LogP contribution >= 0.6 is 11.3 Å². The summed E-state index contributed by atoms with van der Waals surface area (Å²) in [5.74, 6) is -0.294. The molecule has 2 heterocycles. The zero-order valence-corrected chi connectivity index (χ0v) is 7.53. The number of carbonyl (C=O) groups excluding carboxylic acids is 1. The van der Waals surface area contributed by atoms with Crippen LogP contribution in [0.15, 0.2) is 10.9 Å². The molecule has 1 aromatic rings. The van der Waals surface area contributed by atoms with Gasteiger partial charge in [-0.15, -0.1) is 11.3 Å². The van der Waals surface area contributed by atoms with Gasteiger partial charge in [0.2, 0.25) is 0 Å². The van der Waals surface area contributed by atoms with Crippen LogP contribution in [0.25, 0.3) is 0 Å². The summed E-state index contributed by atoms with van der Waals surface area (Å²) in [6.07, 6.45) is -0.581. The minimum atomic E-state index is -0.581. The largest absolute Gasteiger partial charge is 0.389 e. The molecule has 2 rings (SSSR count). The molecule has 0 aliphatic carbocycles. The fourth-order valence-electron chi connectivity index (χ4n) is 1.06. The molecule has 1 aromatic heterocycles. The summed E-state index contributed by atoms with van der Waals surface area (Å²) in [6, 6.07) is 0. The number of nitrogens with zero attached hydrogens (tertiary/aromatic N) is 2. The Kier molecular flexibility index (Phi) is 2.26. The number of hydroxylamine groups is 2. The van der Waals surface area contributed by atoms with Gasteiger partial charge in [-0.25, -0.2) is 10.0 Å². The molecule has 0 aromatic carbocycles. The molecule has 1 saturated heterocycles. The van der Waals surface area contributed by atoms with Crippen LogP contribution in [0.2, 0.25) is 0 Å². The van der Waals surface area contributed by atoms with Crippen LogP contribution in [-0.2, 0) is 4.84 Å². The van der Waals surface area contributed by atoms with Gasteiger partial charge in [0, 0.05) is 5.38 Å². The molecule has 1 atom stereocenters. The molecular weight excluding hydrogens is 192 g/mol. The van der Waals surface area contributed by atoms with Crippen LogP contribution in [0.3, 0.4) is 0 Å². The second kappa shape index (κ2) is 3.41.